The Balaban J connectivity index is 2.08. The molecule has 10 nitrogen and oxygen atoms in total. The largest absolute Gasteiger partial charge is 0.465 e. The molecular weight excluding hydrogens is 395 g/mol. The second-order valence-electron chi connectivity index (χ2n) is 5.96. The first-order chi connectivity index (χ1) is 13.2. The van der Waals surface area contributed by atoms with Crippen molar-refractivity contribution in [1.82, 2.24) is 10.3 Å². The zero-order valence-corrected chi connectivity index (χ0v) is 15.0. The summed E-state index contributed by atoms with van der Waals surface area (Å²) < 4.78 is 40.3. The van der Waals surface area contributed by atoms with Gasteiger partial charge in [0, 0.05) is 6.42 Å². The fourth-order valence-corrected chi connectivity index (χ4v) is 4.40. The summed E-state index contributed by atoms with van der Waals surface area (Å²) in [6.07, 6.45) is -1.35. The number of carbonyl (C=O) groups is 2. The molecule has 1 atom stereocenters. The number of benzene rings is 1. The molecule has 1 aromatic carbocycles. The van der Waals surface area contributed by atoms with Crippen LogP contribution in [0.15, 0.2) is 41.4 Å². The van der Waals surface area contributed by atoms with Crippen LogP contribution in [-0.2, 0) is 16.4 Å². The minimum absolute atomic E-state index is 0.0511. The normalized spacial score (nSPS) is 16.2. The van der Waals surface area contributed by atoms with E-state index in [0.29, 0.717) is 0 Å². The van der Waals surface area contributed by atoms with Crippen molar-refractivity contribution < 1.29 is 32.6 Å². The van der Waals surface area contributed by atoms with E-state index in [1.807, 2.05) is 0 Å². The molecule has 1 aliphatic heterocycles. The number of hydrogen-bond donors (Lipinski definition) is 4. The molecule has 0 saturated carbocycles. The summed E-state index contributed by atoms with van der Waals surface area (Å²) in [4.78, 5) is 25.7. The van der Waals surface area contributed by atoms with Crippen LogP contribution in [0.4, 0.5) is 25.4 Å². The lowest BCUT2D eigenvalue weighted by molar-refractivity contribution is 0.189. The Bertz CT molecular complexity index is 1030. The second kappa shape index (κ2) is 7.31. The Morgan fingerprint density at radius 2 is 1.86 bits per heavy atom. The number of pyridine rings is 1. The summed E-state index contributed by atoms with van der Waals surface area (Å²) in [5.41, 5.74) is 0.431. The van der Waals surface area contributed by atoms with Gasteiger partial charge in [0.2, 0.25) is 0 Å². The molecule has 1 aromatic heterocycles. The minimum atomic E-state index is -4.19. The molecule has 12 heteroatoms. The van der Waals surface area contributed by atoms with Gasteiger partial charge in [-0.2, -0.15) is 0 Å². The molecule has 0 bridgehead atoms. The fourth-order valence-electron chi connectivity index (χ4n) is 2.88. The van der Waals surface area contributed by atoms with Gasteiger partial charge in [-0.25, -0.2) is 22.4 Å². The third kappa shape index (κ3) is 3.96. The van der Waals surface area contributed by atoms with Gasteiger partial charge in [0.05, 0.1) is 40.7 Å². The lowest BCUT2D eigenvalue weighted by Crippen LogP contribution is -2.50. The molecule has 1 unspecified atom stereocenters. The molecule has 2 aromatic rings. The third-order valence-corrected chi connectivity index (χ3v) is 5.82. The Hall–Kier alpha value is -3.41. The molecule has 0 fully saturated rings. The Kier molecular flexibility index (Phi) is 5.05. The van der Waals surface area contributed by atoms with Crippen molar-refractivity contribution in [3.63, 3.8) is 0 Å². The van der Waals surface area contributed by atoms with Crippen molar-refractivity contribution in [2.24, 2.45) is 0 Å². The molecule has 148 valence electrons. The fraction of sp³-hybridized carbons (Fsp3) is 0.188. The van der Waals surface area contributed by atoms with Gasteiger partial charge < -0.3 is 15.5 Å². The van der Waals surface area contributed by atoms with Gasteiger partial charge in [0.15, 0.2) is 0 Å². The number of hydrogen-bond acceptors (Lipinski definition) is 5. The minimum Gasteiger partial charge on any atom is -0.465 e. The van der Waals surface area contributed by atoms with E-state index < -0.39 is 34.1 Å². The lowest BCUT2D eigenvalue weighted by atomic mass is 10.0. The maximum atomic E-state index is 13.2. The van der Waals surface area contributed by atoms with Crippen molar-refractivity contribution in [3.05, 3.63) is 48.0 Å². The Morgan fingerprint density at radius 1 is 1.18 bits per heavy atom. The van der Waals surface area contributed by atoms with Crippen LogP contribution in [0.2, 0.25) is 0 Å². The molecule has 0 saturated heterocycles. The summed E-state index contributed by atoms with van der Waals surface area (Å²) in [5.74, 6) is -0.613. The molecule has 0 spiro atoms. The van der Waals surface area contributed by atoms with Crippen LogP contribution < -0.4 is 14.9 Å². The number of anilines is 2. The highest BCUT2D eigenvalue weighted by atomic mass is 32.2. The molecule has 0 radical (unpaired) electrons. The van der Waals surface area contributed by atoms with E-state index >= 15 is 0 Å². The van der Waals surface area contributed by atoms with Crippen molar-refractivity contribution in [1.29, 1.82) is 0 Å². The van der Waals surface area contributed by atoms with E-state index in [0.717, 1.165) is 28.6 Å². The van der Waals surface area contributed by atoms with E-state index in [2.05, 4.69) is 15.6 Å². The maximum Gasteiger partial charge on any atom is 0.409 e. The lowest BCUT2D eigenvalue weighted by Gasteiger charge is -2.34. The van der Waals surface area contributed by atoms with Crippen LogP contribution in [0.3, 0.4) is 0 Å². The number of nitrogens with zero attached hydrogens (tertiary/aromatic N) is 2. The first-order valence-electron chi connectivity index (χ1n) is 7.93. The molecule has 2 amide bonds. The van der Waals surface area contributed by atoms with Crippen LogP contribution in [0.5, 0.6) is 0 Å². The van der Waals surface area contributed by atoms with Crippen molar-refractivity contribution >= 4 is 33.6 Å². The SMILES string of the molecule is O=C(O)Nc1cnc2c(c1)N(S(=O)(=O)c1ccc(F)cc1)CC(NC(=O)O)C2. The number of rotatable bonds is 4. The first-order valence-corrected chi connectivity index (χ1v) is 9.37. The van der Waals surface area contributed by atoms with Crippen molar-refractivity contribution in [2.45, 2.75) is 17.4 Å². The number of aromatic nitrogens is 1. The number of nitrogens with one attached hydrogen (secondary N) is 2. The summed E-state index contributed by atoms with van der Waals surface area (Å²) in [6, 6.07) is 4.69. The second-order valence-corrected chi connectivity index (χ2v) is 7.82. The number of halogens is 1. The molecule has 1 aliphatic rings. The molecule has 3 rings (SSSR count). The van der Waals surface area contributed by atoms with E-state index in [9.17, 15) is 22.4 Å². The van der Waals surface area contributed by atoms with E-state index in [-0.39, 0.29) is 34.9 Å². The topological polar surface area (TPSA) is 149 Å². The summed E-state index contributed by atoms with van der Waals surface area (Å²) in [7, 11) is -4.19. The van der Waals surface area contributed by atoms with Crippen LogP contribution >= 0.6 is 0 Å². The van der Waals surface area contributed by atoms with E-state index in [1.54, 1.807) is 0 Å². The average Bonchev–Trinajstić information content (AvgIpc) is 2.60. The highest BCUT2D eigenvalue weighted by molar-refractivity contribution is 7.92. The van der Waals surface area contributed by atoms with Crippen LogP contribution in [0.1, 0.15) is 5.69 Å². The maximum absolute atomic E-state index is 13.2. The Labute approximate surface area is 158 Å². The summed E-state index contributed by atoms with van der Waals surface area (Å²) in [5, 5.41) is 22.2. The predicted molar refractivity (Wildman–Crippen MR) is 95.5 cm³/mol. The third-order valence-electron chi connectivity index (χ3n) is 4.02. The smallest absolute Gasteiger partial charge is 0.409 e. The molecular formula is C16H15FN4O6S. The number of amides is 2. The van der Waals surface area contributed by atoms with Gasteiger partial charge in [-0.3, -0.25) is 14.6 Å². The molecule has 4 N–H and O–H groups in total. The molecule has 2 heterocycles. The zero-order chi connectivity index (χ0) is 20.5. The van der Waals surface area contributed by atoms with Crippen LogP contribution in [0.25, 0.3) is 0 Å². The average molecular weight is 410 g/mol. The van der Waals surface area contributed by atoms with E-state index in [1.165, 1.54) is 12.3 Å². The summed E-state index contributed by atoms with van der Waals surface area (Å²) in [6.45, 7) is -0.239. The predicted octanol–water partition coefficient (Wildman–Crippen LogP) is 1.70. The molecule has 0 aliphatic carbocycles. The van der Waals surface area contributed by atoms with Gasteiger partial charge >= 0.3 is 12.2 Å². The number of fused-ring (bicyclic) bond motifs is 1. The van der Waals surface area contributed by atoms with Crippen molar-refractivity contribution in [2.75, 3.05) is 16.2 Å². The monoisotopic (exact) mass is 410 g/mol. The van der Waals surface area contributed by atoms with Gasteiger partial charge in [-0.05, 0) is 30.3 Å². The zero-order valence-electron chi connectivity index (χ0n) is 14.2. The van der Waals surface area contributed by atoms with Gasteiger partial charge in [0.1, 0.15) is 5.82 Å². The standard InChI is InChI=1S/C16H15FN4O6S/c17-9-1-3-12(4-2-9)28(26,27)21-8-11(20-16(24)25)5-13-14(21)6-10(7-18-13)19-15(22)23/h1-4,6-7,11,19-20H,5,8H2,(H,22,23)(H,24,25). The van der Waals surface area contributed by atoms with Gasteiger partial charge in [0.25, 0.3) is 10.0 Å². The first kappa shape index (κ1) is 19.4. The number of sulfonamides is 1. The van der Waals surface area contributed by atoms with Gasteiger partial charge in [-0.1, -0.05) is 0 Å². The highest BCUT2D eigenvalue weighted by Gasteiger charge is 2.35. The van der Waals surface area contributed by atoms with Gasteiger partial charge in [-0.15, -0.1) is 0 Å². The Morgan fingerprint density at radius 3 is 2.46 bits per heavy atom. The quantitative estimate of drug-likeness (QED) is 0.599. The molecule has 28 heavy (non-hydrogen) atoms. The van der Waals surface area contributed by atoms with Crippen molar-refractivity contribution in [3.8, 4) is 0 Å². The highest BCUT2D eigenvalue weighted by Crippen LogP contribution is 2.33. The van der Waals surface area contributed by atoms with E-state index in [4.69, 9.17) is 10.2 Å². The summed E-state index contributed by atoms with van der Waals surface area (Å²) >= 11 is 0. The number of carboxylic acid groups (broad SMARTS) is 2. The van der Waals surface area contributed by atoms with Crippen LogP contribution in [0, 0.1) is 5.82 Å². The van der Waals surface area contributed by atoms with Crippen LogP contribution in [-0.4, -0.2) is 48.4 Å².